The molecule has 6 heteroatoms. The quantitative estimate of drug-likeness (QED) is 0.774. The normalized spacial score (nSPS) is 18.2. The molecular formula is C18H23FN4S. The van der Waals surface area contributed by atoms with E-state index in [4.69, 9.17) is 0 Å². The second-order valence-electron chi connectivity index (χ2n) is 5.39. The van der Waals surface area contributed by atoms with Crippen LogP contribution < -0.4 is 10.6 Å². The second kappa shape index (κ2) is 8.70. The van der Waals surface area contributed by atoms with Crippen LogP contribution in [-0.2, 0) is 0 Å². The molecule has 0 amide bonds. The predicted octanol–water partition coefficient (Wildman–Crippen LogP) is 3.46. The van der Waals surface area contributed by atoms with Gasteiger partial charge in [0.2, 0.25) is 0 Å². The Morgan fingerprint density at radius 3 is 2.83 bits per heavy atom. The van der Waals surface area contributed by atoms with E-state index in [-0.39, 0.29) is 12.1 Å². The summed E-state index contributed by atoms with van der Waals surface area (Å²) in [5.41, 5.74) is 3.11. The topological polar surface area (TPSA) is 39.7 Å². The van der Waals surface area contributed by atoms with Crippen molar-refractivity contribution in [2.24, 2.45) is 4.99 Å². The van der Waals surface area contributed by atoms with Gasteiger partial charge in [0.15, 0.2) is 0 Å². The second-order valence-corrected chi connectivity index (χ2v) is 5.99. The maximum atomic E-state index is 13.3. The summed E-state index contributed by atoms with van der Waals surface area (Å²) in [6, 6.07) is 8.08. The zero-order chi connectivity index (χ0) is 17.5. The third-order valence-electron chi connectivity index (χ3n) is 3.78. The van der Waals surface area contributed by atoms with Crippen LogP contribution in [-0.4, -0.2) is 37.9 Å². The fraction of sp³-hybridized carbons (Fsp3) is 0.278. The van der Waals surface area contributed by atoms with E-state index in [1.54, 1.807) is 0 Å². The minimum atomic E-state index is 0.175. The first-order chi connectivity index (χ1) is 11.6. The van der Waals surface area contributed by atoms with Crippen molar-refractivity contribution in [1.29, 1.82) is 0 Å². The standard InChI is InChI=1S/C18H23FN4S/c1-5-16(24-19)18-22-15(14-9-7-6-8-13(14)2)12-17(23(18)4)21-11-10-20-3/h5-9,12,20,22H,1,10-11H2,2-4H3/b18-16+,21-17?. The third-order valence-corrected chi connectivity index (χ3v) is 4.30. The lowest BCUT2D eigenvalue weighted by Crippen LogP contribution is -2.38. The highest BCUT2D eigenvalue weighted by atomic mass is 32.2. The van der Waals surface area contributed by atoms with E-state index in [1.807, 2.05) is 43.3 Å². The molecule has 128 valence electrons. The number of hydrogen-bond donors (Lipinski definition) is 2. The summed E-state index contributed by atoms with van der Waals surface area (Å²) in [6.07, 6.45) is 3.50. The lowest BCUT2D eigenvalue weighted by molar-refractivity contribution is 0.575. The Hall–Kier alpha value is -2.05. The molecule has 1 aromatic carbocycles. The first kappa shape index (κ1) is 18.3. The van der Waals surface area contributed by atoms with E-state index < -0.39 is 0 Å². The van der Waals surface area contributed by atoms with Gasteiger partial charge in [0, 0.05) is 25.2 Å². The summed E-state index contributed by atoms with van der Waals surface area (Å²) in [4.78, 5) is 6.90. The fourth-order valence-electron chi connectivity index (χ4n) is 2.43. The van der Waals surface area contributed by atoms with Crippen LogP contribution in [0.5, 0.6) is 0 Å². The van der Waals surface area contributed by atoms with Crippen LogP contribution in [0.1, 0.15) is 11.1 Å². The molecule has 0 aromatic heterocycles. The van der Waals surface area contributed by atoms with Crippen molar-refractivity contribution in [2.45, 2.75) is 6.92 Å². The number of aliphatic imine (C=N–C) groups is 1. The zero-order valence-corrected chi connectivity index (χ0v) is 15.1. The maximum Gasteiger partial charge on any atom is 0.130 e. The van der Waals surface area contributed by atoms with Crippen molar-refractivity contribution < 1.29 is 3.89 Å². The molecule has 0 unspecified atom stereocenters. The molecule has 1 heterocycles. The summed E-state index contributed by atoms with van der Waals surface area (Å²) in [5.74, 6) is 1.42. The number of halogens is 1. The average Bonchev–Trinajstić information content (AvgIpc) is 2.59. The molecule has 0 bridgehead atoms. The molecule has 0 radical (unpaired) electrons. The van der Waals surface area contributed by atoms with Crippen LogP contribution in [0.2, 0.25) is 0 Å². The van der Waals surface area contributed by atoms with E-state index in [2.05, 4.69) is 35.2 Å². The first-order valence-corrected chi connectivity index (χ1v) is 8.46. The van der Waals surface area contributed by atoms with E-state index in [0.717, 1.165) is 29.2 Å². The molecule has 2 N–H and O–H groups in total. The number of aryl methyl sites for hydroxylation is 1. The Morgan fingerprint density at radius 1 is 1.46 bits per heavy atom. The van der Waals surface area contributed by atoms with Gasteiger partial charge in [0.1, 0.15) is 11.7 Å². The number of nitrogens with zero attached hydrogens (tertiary/aromatic N) is 2. The summed E-state index contributed by atoms with van der Waals surface area (Å²) in [5, 5.41) is 6.40. The van der Waals surface area contributed by atoms with Gasteiger partial charge in [-0.3, -0.25) is 4.99 Å². The van der Waals surface area contributed by atoms with Crippen LogP contribution >= 0.6 is 12.1 Å². The Balaban J connectivity index is 2.51. The SMILES string of the molecule is C=C/C(SF)=C1/NC(c2ccccc2C)=CC(=NCCNC)N1C. The van der Waals surface area contributed by atoms with Crippen molar-refractivity contribution in [3.05, 3.63) is 64.8 Å². The van der Waals surface area contributed by atoms with Crippen LogP contribution in [0.3, 0.4) is 0 Å². The van der Waals surface area contributed by atoms with Crippen LogP contribution in [0, 0.1) is 6.92 Å². The number of rotatable bonds is 6. The minimum Gasteiger partial charge on any atom is -0.340 e. The predicted molar refractivity (Wildman–Crippen MR) is 102 cm³/mol. The minimum absolute atomic E-state index is 0.175. The number of amidine groups is 1. The molecule has 0 saturated heterocycles. The van der Waals surface area contributed by atoms with Gasteiger partial charge in [0.25, 0.3) is 0 Å². The van der Waals surface area contributed by atoms with Gasteiger partial charge in [-0.1, -0.05) is 30.8 Å². The molecule has 0 fully saturated rings. The van der Waals surface area contributed by atoms with Crippen molar-refractivity contribution in [2.75, 3.05) is 27.2 Å². The number of benzene rings is 1. The van der Waals surface area contributed by atoms with Crippen LogP contribution in [0.25, 0.3) is 5.70 Å². The molecule has 2 rings (SSSR count). The monoisotopic (exact) mass is 346 g/mol. The van der Waals surface area contributed by atoms with Gasteiger partial charge >= 0.3 is 0 Å². The molecule has 0 saturated carbocycles. The van der Waals surface area contributed by atoms with E-state index >= 15 is 0 Å². The molecular weight excluding hydrogens is 323 g/mol. The lowest BCUT2D eigenvalue weighted by Gasteiger charge is -2.31. The molecule has 0 atom stereocenters. The Labute approximate surface area is 147 Å². The highest BCUT2D eigenvalue weighted by molar-refractivity contribution is 7.98. The van der Waals surface area contributed by atoms with Gasteiger partial charge < -0.3 is 15.5 Å². The molecule has 1 aromatic rings. The number of nitrogens with one attached hydrogen (secondary N) is 2. The van der Waals surface area contributed by atoms with E-state index in [0.29, 0.717) is 17.3 Å². The number of likely N-dealkylation sites (N-methyl/N-ethyl adjacent to an activating group) is 2. The van der Waals surface area contributed by atoms with Crippen molar-refractivity contribution in [3.63, 3.8) is 0 Å². The Bertz CT molecular complexity index is 694. The Morgan fingerprint density at radius 2 is 2.21 bits per heavy atom. The smallest absolute Gasteiger partial charge is 0.130 e. The van der Waals surface area contributed by atoms with E-state index in [9.17, 15) is 3.89 Å². The van der Waals surface area contributed by atoms with Gasteiger partial charge in [-0.25, -0.2) is 0 Å². The molecule has 24 heavy (non-hydrogen) atoms. The van der Waals surface area contributed by atoms with Crippen molar-refractivity contribution in [1.82, 2.24) is 15.5 Å². The third kappa shape index (κ3) is 4.07. The molecule has 1 aliphatic rings. The fourth-order valence-corrected chi connectivity index (χ4v) is 2.76. The summed E-state index contributed by atoms with van der Waals surface area (Å²) < 4.78 is 13.3. The first-order valence-electron chi connectivity index (χ1n) is 7.75. The van der Waals surface area contributed by atoms with Gasteiger partial charge in [0.05, 0.1) is 29.3 Å². The number of allylic oxidation sites excluding steroid dienone is 1. The molecule has 0 spiro atoms. The Kier molecular flexibility index (Phi) is 6.63. The van der Waals surface area contributed by atoms with Crippen molar-refractivity contribution >= 4 is 23.7 Å². The van der Waals surface area contributed by atoms with Gasteiger partial charge in [-0.15, -0.1) is 0 Å². The van der Waals surface area contributed by atoms with E-state index in [1.165, 1.54) is 6.08 Å². The van der Waals surface area contributed by atoms with Crippen molar-refractivity contribution in [3.8, 4) is 0 Å². The summed E-state index contributed by atoms with van der Waals surface area (Å²) in [6.45, 7) is 7.18. The maximum absolute atomic E-state index is 13.3. The summed E-state index contributed by atoms with van der Waals surface area (Å²) >= 11 is 0.175. The van der Waals surface area contributed by atoms with Gasteiger partial charge in [-0.05, 0) is 25.6 Å². The number of hydrogen-bond acceptors (Lipinski definition) is 4. The molecule has 4 nitrogen and oxygen atoms in total. The average molecular weight is 346 g/mol. The van der Waals surface area contributed by atoms with Crippen LogP contribution in [0.15, 0.2) is 58.7 Å². The molecule has 0 aliphatic carbocycles. The van der Waals surface area contributed by atoms with Crippen LogP contribution in [0.4, 0.5) is 3.89 Å². The summed E-state index contributed by atoms with van der Waals surface area (Å²) in [7, 11) is 3.76. The lowest BCUT2D eigenvalue weighted by atomic mass is 10.0. The van der Waals surface area contributed by atoms with Gasteiger partial charge in [-0.2, -0.15) is 3.89 Å². The largest absolute Gasteiger partial charge is 0.340 e. The highest BCUT2D eigenvalue weighted by Gasteiger charge is 2.22. The molecule has 1 aliphatic heterocycles. The highest BCUT2D eigenvalue weighted by Crippen LogP contribution is 2.28. The zero-order valence-electron chi connectivity index (χ0n) is 14.3.